The second-order valence-electron chi connectivity index (χ2n) is 4.93. The molecule has 0 aliphatic rings. The lowest BCUT2D eigenvalue weighted by molar-refractivity contribution is -0.129. The van der Waals surface area contributed by atoms with Gasteiger partial charge in [0.05, 0.1) is 5.25 Å². The fourth-order valence-corrected chi connectivity index (χ4v) is 3.01. The molecule has 1 N–H and O–H groups in total. The Morgan fingerprint density at radius 1 is 1.14 bits per heavy atom. The second kappa shape index (κ2) is 7.18. The Morgan fingerprint density at radius 2 is 1.76 bits per heavy atom. The first-order valence-corrected chi connectivity index (χ1v) is 7.69. The maximum Gasteiger partial charge on any atom is 0.235 e. The molecule has 2 rings (SSSR count). The Kier molecular flexibility index (Phi) is 5.28. The zero-order valence-electron chi connectivity index (χ0n) is 12.2. The second-order valence-corrected chi connectivity index (χ2v) is 6.35. The van der Waals surface area contributed by atoms with E-state index in [9.17, 15) is 9.90 Å². The first kappa shape index (κ1) is 15.4. The molecule has 0 saturated carbocycles. The summed E-state index contributed by atoms with van der Waals surface area (Å²) in [7, 11) is 1.82. The Bertz CT molecular complexity index is 583. The summed E-state index contributed by atoms with van der Waals surface area (Å²) >= 11 is 1.50. The van der Waals surface area contributed by atoms with E-state index >= 15 is 0 Å². The third-order valence-electron chi connectivity index (χ3n) is 3.14. The highest BCUT2D eigenvalue weighted by molar-refractivity contribution is 8.00. The minimum Gasteiger partial charge on any atom is -0.508 e. The number of carbonyl (C=O) groups is 1. The van der Waals surface area contributed by atoms with E-state index in [0.29, 0.717) is 6.54 Å². The molecular weight excluding hydrogens is 282 g/mol. The van der Waals surface area contributed by atoms with Crippen LogP contribution < -0.4 is 0 Å². The summed E-state index contributed by atoms with van der Waals surface area (Å²) in [4.78, 5) is 15.1. The van der Waals surface area contributed by atoms with E-state index < -0.39 is 0 Å². The fourth-order valence-electron chi connectivity index (χ4n) is 2.02. The number of hydrogen-bond acceptors (Lipinski definition) is 3. The molecule has 1 unspecified atom stereocenters. The smallest absolute Gasteiger partial charge is 0.235 e. The summed E-state index contributed by atoms with van der Waals surface area (Å²) in [5.41, 5.74) is 1.12. The molecule has 0 aliphatic carbocycles. The van der Waals surface area contributed by atoms with Crippen LogP contribution in [-0.2, 0) is 11.3 Å². The molecule has 21 heavy (non-hydrogen) atoms. The Hall–Kier alpha value is -1.94. The van der Waals surface area contributed by atoms with Crippen LogP contribution in [0.5, 0.6) is 5.75 Å². The van der Waals surface area contributed by atoms with Gasteiger partial charge < -0.3 is 10.0 Å². The monoisotopic (exact) mass is 301 g/mol. The molecule has 4 heteroatoms. The highest BCUT2D eigenvalue weighted by Crippen LogP contribution is 2.26. The van der Waals surface area contributed by atoms with E-state index in [-0.39, 0.29) is 16.9 Å². The van der Waals surface area contributed by atoms with Gasteiger partial charge in [-0.05, 0) is 36.8 Å². The van der Waals surface area contributed by atoms with Gasteiger partial charge in [-0.2, -0.15) is 0 Å². The zero-order chi connectivity index (χ0) is 15.2. The lowest BCUT2D eigenvalue weighted by Gasteiger charge is -2.21. The van der Waals surface area contributed by atoms with Crippen molar-refractivity contribution >= 4 is 17.7 Å². The highest BCUT2D eigenvalue weighted by Gasteiger charge is 2.18. The summed E-state index contributed by atoms with van der Waals surface area (Å²) in [6.07, 6.45) is 0. The lowest BCUT2D eigenvalue weighted by Crippen LogP contribution is -2.32. The molecule has 0 spiro atoms. The quantitative estimate of drug-likeness (QED) is 0.859. The Labute approximate surface area is 129 Å². The molecule has 0 fully saturated rings. The standard InChI is InChI=1S/C17H19NO2S/c1-13(21-16-10-8-15(19)9-11-16)17(20)18(2)12-14-6-4-3-5-7-14/h3-11,13,19H,12H2,1-2H3. The van der Waals surface area contributed by atoms with Gasteiger partial charge in [-0.1, -0.05) is 30.3 Å². The van der Waals surface area contributed by atoms with Crippen molar-refractivity contribution in [3.8, 4) is 5.75 Å². The number of carbonyl (C=O) groups excluding carboxylic acids is 1. The highest BCUT2D eigenvalue weighted by atomic mass is 32.2. The van der Waals surface area contributed by atoms with Crippen LogP contribution in [0.15, 0.2) is 59.5 Å². The van der Waals surface area contributed by atoms with Crippen molar-refractivity contribution in [3.63, 3.8) is 0 Å². The maximum absolute atomic E-state index is 12.4. The molecule has 0 aliphatic heterocycles. The largest absolute Gasteiger partial charge is 0.508 e. The van der Waals surface area contributed by atoms with Crippen LogP contribution in [0.2, 0.25) is 0 Å². The van der Waals surface area contributed by atoms with E-state index in [0.717, 1.165) is 10.5 Å². The van der Waals surface area contributed by atoms with Gasteiger partial charge in [-0.15, -0.1) is 11.8 Å². The van der Waals surface area contributed by atoms with E-state index in [2.05, 4.69) is 0 Å². The van der Waals surface area contributed by atoms with Gasteiger partial charge >= 0.3 is 0 Å². The number of phenols is 1. The Morgan fingerprint density at radius 3 is 2.38 bits per heavy atom. The molecule has 0 bridgehead atoms. The average Bonchev–Trinajstić information content (AvgIpc) is 2.49. The van der Waals surface area contributed by atoms with Crippen molar-refractivity contribution in [1.82, 2.24) is 4.90 Å². The van der Waals surface area contributed by atoms with E-state index in [1.807, 2.05) is 56.4 Å². The van der Waals surface area contributed by atoms with Crippen molar-refractivity contribution in [2.75, 3.05) is 7.05 Å². The van der Waals surface area contributed by atoms with E-state index in [1.54, 1.807) is 17.0 Å². The minimum absolute atomic E-state index is 0.0944. The first-order chi connectivity index (χ1) is 10.1. The van der Waals surface area contributed by atoms with Crippen LogP contribution in [0.3, 0.4) is 0 Å². The van der Waals surface area contributed by atoms with Crippen LogP contribution in [0.25, 0.3) is 0 Å². The molecular formula is C17H19NO2S. The minimum atomic E-state index is -0.164. The molecule has 2 aromatic rings. The summed E-state index contributed by atoms with van der Waals surface area (Å²) in [6, 6.07) is 16.9. The summed E-state index contributed by atoms with van der Waals surface area (Å²) in [5, 5.41) is 9.10. The molecule has 2 aromatic carbocycles. The lowest BCUT2D eigenvalue weighted by atomic mass is 10.2. The van der Waals surface area contributed by atoms with Gasteiger partial charge in [0, 0.05) is 18.5 Å². The zero-order valence-corrected chi connectivity index (χ0v) is 13.0. The molecule has 0 radical (unpaired) electrons. The molecule has 0 aromatic heterocycles. The van der Waals surface area contributed by atoms with Crippen molar-refractivity contribution in [2.24, 2.45) is 0 Å². The van der Waals surface area contributed by atoms with Crippen molar-refractivity contribution in [1.29, 1.82) is 0 Å². The number of amides is 1. The van der Waals surface area contributed by atoms with Gasteiger partial charge in [0.25, 0.3) is 0 Å². The van der Waals surface area contributed by atoms with E-state index in [1.165, 1.54) is 11.8 Å². The number of benzene rings is 2. The first-order valence-electron chi connectivity index (χ1n) is 6.81. The number of nitrogens with zero attached hydrogens (tertiary/aromatic N) is 1. The molecule has 1 amide bonds. The van der Waals surface area contributed by atoms with Crippen molar-refractivity contribution in [3.05, 3.63) is 60.2 Å². The van der Waals surface area contributed by atoms with Crippen molar-refractivity contribution < 1.29 is 9.90 Å². The number of phenolic OH excluding ortho intramolecular Hbond substituents is 1. The van der Waals surface area contributed by atoms with E-state index in [4.69, 9.17) is 0 Å². The predicted molar refractivity (Wildman–Crippen MR) is 86.3 cm³/mol. The summed E-state index contributed by atoms with van der Waals surface area (Å²) in [6.45, 7) is 2.52. The SMILES string of the molecule is CC(Sc1ccc(O)cc1)C(=O)N(C)Cc1ccccc1. The van der Waals surface area contributed by atoms with Crippen LogP contribution in [-0.4, -0.2) is 28.2 Å². The van der Waals surface area contributed by atoms with Gasteiger partial charge in [0.1, 0.15) is 5.75 Å². The molecule has 3 nitrogen and oxygen atoms in total. The fraction of sp³-hybridized carbons (Fsp3) is 0.235. The normalized spacial score (nSPS) is 11.9. The summed E-state index contributed by atoms with van der Waals surface area (Å²) in [5.74, 6) is 0.330. The molecule has 0 saturated heterocycles. The Balaban J connectivity index is 1.93. The number of rotatable bonds is 5. The predicted octanol–water partition coefficient (Wildman–Crippen LogP) is 3.53. The number of aromatic hydroxyl groups is 1. The molecule has 0 heterocycles. The van der Waals surface area contributed by atoms with Crippen LogP contribution in [0.4, 0.5) is 0 Å². The summed E-state index contributed by atoms with van der Waals surface area (Å²) < 4.78 is 0. The van der Waals surface area contributed by atoms with Crippen LogP contribution in [0, 0.1) is 0 Å². The van der Waals surface area contributed by atoms with Gasteiger partial charge in [0.2, 0.25) is 5.91 Å². The average molecular weight is 301 g/mol. The maximum atomic E-state index is 12.4. The third kappa shape index (κ3) is 4.53. The number of hydrogen-bond donors (Lipinski definition) is 1. The molecule has 110 valence electrons. The van der Waals surface area contributed by atoms with Gasteiger partial charge in [0.15, 0.2) is 0 Å². The topological polar surface area (TPSA) is 40.5 Å². The van der Waals surface area contributed by atoms with Gasteiger partial charge in [-0.25, -0.2) is 0 Å². The molecule has 1 atom stereocenters. The van der Waals surface area contributed by atoms with Crippen molar-refractivity contribution in [2.45, 2.75) is 23.6 Å². The number of thioether (sulfide) groups is 1. The van der Waals surface area contributed by atoms with Crippen LogP contribution >= 0.6 is 11.8 Å². The van der Waals surface area contributed by atoms with Crippen LogP contribution in [0.1, 0.15) is 12.5 Å². The van der Waals surface area contributed by atoms with Gasteiger partial charge in [-0.3, -0.25) is 4.79 Å². The third-order valence-corrected chi connectivity index (χ3v) is 4.24.